The summed E-state index contributed by atoms with van der Waals surface area (Å²) in [7, 11) is 0. The Morgan fingerprint density at radius 3 is 2.67 bits per heavy atom. The first-order valence-corrected chi connectivity index (χ1v) is 7.34. The van der Waals surface area contributed by atoms with Gasteiger partial charge >= 0.3 is 5.97 Å². The fourth-order valence-corrected chi connectivity index (χ4v) is 2.92. The number of hydrogen-bond donors (Lipinski definition) is 1. The SMILES string of the molecule is O=C(O)c1cc(C(=O)N2CCCC2c2ccco2)cc([N+](=O)[O-])c1. The van der Waals surface area contributed by atoms with E-state index in [0.717, 1.165) is 31.0 Å². The minimum atomic E-state index is -1.32. The zero-order valence-electron chi connectivity index (χ0n) is 12.5. The van der Waals surface area contributed by atoms with Crippen molar-refractivity contribution < 1.29 is 24.0 Å². The number of aromatic carboxylic acids is 1. The van der Waals surface area contributed by atoms with Crippen LogP contribution in [0.1, 0.15) is 45.4 Å². The summed E-state index contributed by atoms with van der Waals surface area (Å²) in [6.45, 7) is 0.481. The summed E-state index contributed by atoms with van der Waals surface area (Å²) in [5.74, 6) is -1.12. The third-order valence-electron chi connectivity index (χ3n) is 4.01. The second kappa shape index (κ2) is 6.15. The Morgan fingerprint density at radius 1 is 1.29 bits per heavy atom. The zero-order valence-corrected chi connectivity index (χ0v) is 12.5. The Kier molecular flexibility index (Phi) is 4.03. The van der Waals surface area contributed by atoms with Gasteiger partial charge in [0.25, 0.3) is 11.6 Å². The van der Waals surface area contributed by atoms with Gasteiger partial charge in [-0.3, -0.25) is 14.9 Å². The third kappa shape index (κ3) is 2.85. The van der Waals surface area contributed by atoms with Crippen LogP contribution in [0.15, 0.2) is 41.0 Å². The standard InChI is InChI=1S/C16H14N2O6/c19-15(17-5-1-3-13(17)14-4-2-6-24-14)10-7-11(16(20)21)9-12(8-10)18(22)23/h2,4,6-9,13H,1,3,5H2,(H,20,21). The normalized spacial score (nSPS) is 17.0. The molecule has 1 aromatic carbocycles. The number of nitrogens with zero attached hydrogens (tertiary/aromatic N) is 2. The lowest BCUT2D eigenvalue weighted by Gasteiger charge is -2.23. The number of carbonyl (C=O) groups is 2. The predicted molar refractivity (Wildman–Crippen MR) is 81.8 cm³/mol. The number of benzene rings is 1. The van der Waals surface area contributed by atoms with Crippen molar-refractivity contribution in [2.75, 3.05) is 6.54 Å². The van der Waals surface area contributed by atoms with Crippen LogP contribution in [0, 0.1) is 10.1 Å². The number of carboxylic acids is 1. The van der Waals surface area contributed by atoms with Gasteiger partial charge < -0.3 is 14.4 Å². The van der Waals surface area contributed by atoms with Gasteiger partial charge in [-0.05, 0) is 31.0 Å². The quantitative estimate of drug-likeness (QED) is 0.681. The number of likely N-dealkylation sites (tertiary alicyclic amines) is 1. The summed E-state index contributed by atoms with van der Waals surface area (Å²) >= 11 is 0. The van der Waals surface area contributed by atoms with Gasteiger partial charge in [-0.15, -0.1) is 0 Å². The number of carbonyl (C=O) groups excluding carboxylic acids is 1. The molecule has 8 heteroatoms. The second-order valence-corrected chi connectivity index (χ2v) is 5.50. The molecule has 0 spiro atoms. The predicted octanol–water partition coefficient (Wildman–Crippen LogP) is 2.86. The molecule has 1 fully saturated rings. The number of amides is 1. The minimum Gasteiger partial charge on any atom is -0.478 e. The van der Waals surface area contributed by atoms with Crippen molar-refractivity contribution in [2.24, 2.45) is 0 Å². The Balaban J connectivity index is 1.97. The van der Waals surface area contributed by atoms with E-state index in [1.165, 1.54) is 6.26 Å². The number of hydrogen-bond acceptors (Lipinski definition) is 5. The lowest BCUT2D eigenvalue weighted by atomic mass is 10.1. The highest BCUT2D eigenvalue weighted by Crippen LogP contribution is 2.33. The lowest BCUT2D eigenvalue weighted by Crippen LogP contribution is -2.30. The van der Waals surface area contributed by atoms with Crippen LogP contribution in [0.3, 0.4) is 0 Å². The number of non-ortho nitro benzene ring substituents is 1. The molecule has 1 aliphatic rings. The molecule has 2 heterocycles. The van der Waals surface area contributed by atoms with E-state index in [2.05, 4.69) is 0 Å². The Labute approximate surface area is 136 Å². The van der Waals surface area contributed by atoms with Crippen LogP contribution >= 0.6 is 0 Å². The smallest absolute Gasteiger partial charge is 0.335 e. The number of rotatable bonds is 4. The number of nitro benzene ring substituents is 1. The van der Waals surface area contributed by atoms with E-state index in [4.69, 9.17) is 9.52 Å². The summed E-state index contributed by atoms with van der Waals surface area (Å²) in [5.41, 5.74) is -0.728. The van der Waals surface area contributed by atoms with Crippen LogP contribution < -0.4 is 0 Å². The monoisotopic (exact) mass is 330 g/mol. The first kappa shape index (κ1) is 15.7. The van der Waals surface area contributed by atoms with Gasteiger partial charge in [0.15, 0.2) is 0 Å². The van der Waals surface area contributed by atoms with Crippen LogP contribution in [0.5, 0.6) is 0 Å². The highest BCUT2D eigenvalue weighted by atomic mass is 16.6. The fraction of sp³-hybridized carbons (Fsp3) is 0.250. The summed E-state index contributed by atoms with van der Waals surface area (Å²) in [6.07, 6.45) is 3.02. The van der Waals surface area contributed by atoms with Crippen LogP contribution in [0.2, 0.25) is 0 Å². The molecule has 1 amide bonds. The summed E-state index contributed by atoms with van der Waals surface area (Å²) in [4.78, 5) is 35.8. The van der Waals surface area contributed by atoms with E-state index < -0.39 is 22.5 Å². The second-order valence-electron chi connectivity index (χ2n) is 5.50. The van der Waals surface area contributed by atoms with Crippen molar-refractivity contribution in [1.82, 2.24) is 4.90 Å². The van der Waals surface area contributed by atoms with Crippen molar-refractivity contribution >= 4 is 17.6 Å². The number of carboxylic acid groups (broad SMARTS) is 1. The average Bonchev–Trinajstić information content (AvgIpc) is 3.24. The molecular weight excluding hydrogens is 316 g/mol. The van der Waals surface area contributed by atoms with Crippen LogP contribution in [-0.4, -0.2) is 33.4 Å². The number of furan rings is 1. The van der Waals surface area contributed by atoms with Gasteiger partial charge in [0.1, 0.15) is 5.76 Å². The van der Waals surface area contributed by atoms with Crippen molar-refractivity contribution in [2.45, 2.75) is 18.9 Å². The maximum Gasteiger partial charge on any atom is 0.335 e. The Bertz CT molecular complexity index is 767. The highest BCUT2D eigenvalue weighted by molar-refractivity contribution is 5.98. The van der Waals surface area contributed by atoms with Crippen molar-refractivity contribution in [3.63, 3.8) is 0 Å². The van der Waals surface area contributed by atoms with Gasteiger partial charge in [0, 0.05) is 24.2 Å². The van der Waals surface area contributed by atoms with Crippen molar-refractivity contribution in [1.29, 1.82) is 0 Å². The topological polar surface area (TPSA) is 114 Å². The van der Waals surface area contributed by atoms with E-state index in [9.17, 15) is 19.7 Å². The molecule has 8 nitrogen and oxygen atoms in total. The van der Waals surface area contributed by atoms with Gasteiger partial charge in [0.2, 0.25) is 0 Å². The summed E-state index contributed by atoms with van der Waals surface area (Å²) in [5, 5.41) is 20.1. The largest absolute Gasteiger partial charge is 0.478 e. The highest BCUT2D eigenvalue weighted by Gasteiger charge is 2.33. The first-order valence-electron chi connectivity index (χ1n) is 7.34. The van der Waals surface area contributed by atoms with Gasteiger partial charge in [-0.2, -0.15) is 0 Å². The molecule has 0 saturated carbocycles. The van der Waals surface area contributed by atoms with E-state index in [0.29, 0.717) is 12.3 Å². The Morgan fingerprint density at radius 2 is 2.04 bits per heavy atom. The number of nitro groups is 1. The summed E-state index contributed by atoms with van der Waals surface area (Å²) < 4.78 is 5.36. The third-order valence-corrected chi connectivity index (χ3v) is 4.01. The molecule has 1 N–H and O–H groups in total. The molecule has 1 saturated heterocycles. The minimum absolute atomic E-state index is 0.0138. The van der Waals surface area contributed by atoms with Crippen LogP contribution in [-0.2, 0) is 0 Å². The van der Waals surface area contributed by atoms with Gasteiger partial charge in [0.05, 0.1) is 22.8 Å². The molecule has 0 radical (unpaired) electrons. The molecule has 1 atom stereocenters. The van der Waals surface area contributed by atoms with E-state index in [1.54, 1.807) is 17.0 Å². The molecule has 0 bridgehead atoms. The molecule has 3 rings (SSSR count). The molecule has 24 heavy (non-hydrogen) atoms. The maximum atomic E-state index is 12.8. The zero-order chi connectivity index (χ0) is 17.3. The molecular formula is C16H14N2O6. The molecule has 2 aromatic rings. The summed E-state index contributed by atoms with van der Waals surface area (Å²) in [6, 6.07) is 6.45. The van der Waals surface area contributed by atoms with Crippen LogP contribution in [0.4, 0.5) is 5.69 Å². The first-order chi connectivity index (χ1) is 11.5. The van der Waals surface area contributed by atoms with Crippen molar-refractivity contribution in [3.05, 3.63) is 63.6 Å². The molecule has 1 aliphatic heterocycles. The van der Waals surface area contributed by atoms with E-state index in [-0.39, 0.29) is 17.2 Å². The molecule has 1 aromatic heterocycles. The van der Waals surface area contributed by atoms with E-state index >= 15 is 0 Å². The molecule has 0 aliphatic carbocycles. The maximum absolute atomic E-state index is 12.8. The Hall–Kier alpha value is -3.16. The van der Waals surface area contributed by atoms with E-state index in [1.807, 2.05) is 0 Å². The van der Waals surface area contributed by atoms with Gasteiger partial charge in [-0.25, -0.2) is 4.79 Å². The molecule has 124 valence electrons. The lowest BCUT2D eigenvalue weighted by molar-refractivity contribution is -0.384. The fourth-order valence-electron chi connectivity index (χ4n) is 2.92. The molecule has 1 unspecified atom stereocenters. The van der Waals surface area contributed by atoms with Gasteiger partial charge in [-0.1, -0.05) is 0 Å². The average molecular weight is 330 g/mol. The van der Waals surface area contributed by atoms with Crippen LogP contribution in [0.25, 0.3) is 0 Å². The van der Waals surface area contributed by atoms with Crippen molar-refractivity contribution in [3.8, 4) is 0 Å².